The van der Waals surface area contributed by atoms with Gasteiger partial charge in [-0.3, -0.25) is 0 Å². The first-order valence-corrected chi connectivity index (χ1v) is 7.33. The van der Waals surface area contributed by atoms with Gasteiger partial charge in [0.05, 0.1) is 0 Å². The summed E-state index contributed by atoms with van der Waals surface area (Å²) in [5.41, 5.74) is 1.13. The first-order chi connectivity index (χ1) is 8.76. The van der Waals surface area contributed by atoms with Crippen molar-refractivity contribution in [3.63, 3.8) is 0 Å². The fraction of sp³-hybridized carbons (Fsp3) is 0.733. The van der Waals surface area contributed by atoms with Gasteiger partial charge in [0.25, 0.3) is 0 Å². The summed E-state index contributed by atoms with van der Waals surface area (Å²) in [6, 6.07) is 2.57. The van der Waals surface area contributed by atoms with Crippen molar-refractivity contribution >= 4 is 5.82 Å². The smallest absolute Gasteiger partial charge is 0.129 e. The molecule has 102 valence electrons. The fourth-order valence-corrected chi connectivity index (χ4v) is 2.07. The van der Waals surface area contributed by atoms with Crippen LogP contribution in [0.5, 0.6) is 0 Å². The zero-order valence-electron chi connectivity index (χ0n) is 12.1. The first kappa shape index (κ1) is 14.9. The molecule has 0 aliphatic carbocycles. The third-order valence-corrected chi connectivity index (χ3v) is 3.11. The molecule has 3 nitrogen and oxygen atoms in total. The molecule has 0 saturated carbocycles. The third-order valence-electron chi connectivity index (χ3n) is 3.11. The van der Waals surface area contributed by atoms with E-state index in [1.807, 2.05) is 0 Å². The molecule has 0 aromatic carbocycles. The molecule has 1 N–H and O–H groups in total. The first-order valence-electron chi connectivity index (χ1n) is 7.33. The van der Waals surface area contributed by atoms with Crippen molar-refractivity contribution < 1.29 is 0 Å². The van der Waals surface area contributed by atoms with Crippen molar-refractivity contribution in [2.75, 3.05) is 5.32 Å². The maximum atomic E-state index is 4.28. The number of unbranched alkanes of at least 4 members (excludes halogenated alkanes) is 3. The van der Waals surface area contributed by atoms with Crippen molar-refractivity contribution in [2.24, 2.45) is 0 Å². The lowest BCUT2D eigenvalue weighted by Gasteiger charge is -2.14. The number of hydrogen-bond donors (Lipinski definition) is 1. The summed E-state index contributed by atoms with van der Waals surface area (Å²) in [6.45, 7) is 6.65. The van der Waals surface area contributed by atoms with Crippen LogP contribution in [0.15, 0.2) is 12.4 Å². The highest BCUT2D eigenvalue weighted by Crippen LogP contribution is 2.11. The highest BCUT2D eigenvalue weighted by Gasteiger charge is 2.04. The molecule has 1 aromatic heterocycles. The predicted octanol–water partition coefficient (Wildman–Crippen LogP) is 4.20. The Kier molecular flexibility index (Phi) is 7.38. The highest BCUT2D eigenvalue weighted by molar-refractivity contribution is 5.35. The van der Waals surface area contributed by atoms with E-state index in [1.54, 1.807) is 6.33 Å². The SMILES string of the molecule is CCCCCCC(C)Nc1cc(CCC)ncn1. The minimum atomic E-state index is 0.492. The predicted molar refractivity (Wildman–Crippen MR) is 77.9 cm³/mol. The normalized spacial score (nSPS) is 12.4. The van der Waals surface area contributed by atoms with Gasteiger partial charge < -0.3 is 5.32 Å². The minimum absolute atomic E-state index is 0.492. The molecule has 0 aliphatic heterocycles. The highest BCUT2D eigenvalue weighted by atomic mass is 15.0. The van der Waals surface area contributed by atoms with E-state index in [9.17, 15) is 0 Å². The molecule has 0 spiro atoms. The van der Waals surface area contributed by atoms with Crippen LogP contribution in [0, 0.1) is 0 Å². The molecule has 1 atom stereocenters. The van der Waals surface area contributed by atoms with E-state index >= 15 is 0 Å². The van der Waals surface area contributed by atoms with Crippen LogP contribution in [0.2, 0.25) is 0 Å². The Hall–Kier alpha value is -1.12. The molecule has 1 heterocycles. The maximum absolute atomic E-state index is 4.28. The lowest BCUT2D eigenvalue weighted by Crippen LogP contribution is -2.16. The number of nitrogens with zero attached hydrogens (tertiary/aromatic N) is 2. The Morgan fingerprint density at radius 1 is 1.11 bits per heavy atom. The van der Waals surface area contributed by atoms with Crippen molar-refractivity contribution in [3.8, 4) is 0 Å². The Balaban J connectivity index is 2.34. The molecule has 0 bridgehead atoms. The summed E-state index contributed by atoms with van der Waals surface area (Å²) >= 11 is 0. The topological polar surface area (TPSA) is 37.8 Å². The van der Waals surface area contributed by atoms with Gasteiger partial charge in [-0.1, -0.05) is 46.0 Å². The van der Waals surface area contributed by atoms with Gasteiger partial charge >= 0.3 is 0 Å². The van der Waals surface area contributed by atoms with Gasteiger partial charge in [-0.05, 0) is 19.8 Å². The minimum Gasteiger partial charge on any atom is -0.368 e. The molecule has 18 heavy (non-hydrogen) atoms. The van der Waals surface area contributed by atoms with Crippen LogP contribution >= 0.6 is 0 Å². The quantitative estimate of drug-likeness (QED) is 0.666. The Labute approximate surface area is 111 Å². The largest absolute Gasteiger partial charge is 0.368 e. The number of aryl methyl sites for hydroxylation is 1. The van der Waals surface area contributed by atoms with Crippen molar-refractivity contribution in [3.05, 3.63) is 18.1 Å². The molecule has 0 radical (unpaired) electrons. The number of rotatable bonds is 9. The van der Waals surface area contributed by atoms with Crippen molar-refractivity contribution in [2.45, 2.75) is 71.8 Å². The summed E-state index contributed by atoms with van der Waals surface area (Å²) in [7, 11) is 0. The van der Waals surface area contributed by atoms with Crippen LogP contribution in [0.1, 0.15) is 65.0 Å². The summed E-state index contributed by atoms with van der Waals surface area (Å²) in [5, 5.41) is 3.47. The van der Waals surface area contributed by atoms with Gasteiger partial charge in [0, 0.05) is 17.8 Å². The number of anilines is 1. The van der Waals surface area contributed by atoms with Crippen LogP contribution in [0.3, 0.4) is 0 Å². The summed E-state index contributed by atoms with van der Waals surface area (Å²) in [6.07, 6.45) is 10.3. The molecule has 0 fully saturated rings. The molecule has 3 heteroatoms. The van der Waals surface area contributed by atoms with Gasteiger partial charge in [0.15, 0.2) is 0 Å². The van der Waals surface area contributed by atoms with Gasteiger partial charge in [0.1, 0.15) is 12.1 Å². The zero-order valence-corrected chi connectivity index (χ0v) is 12.1. The standard InChI is InChI=1S/C15H27N3/c1-4-6-7-8-10-13(3)18-15-11-14(9-5-2)16-12-17-15/h11-13H,4-10H2,1-3H3,(H,16,17,18). The van der Waals surface area contributed by atoms with Crippen LogP contribution in [0.4, 0.5) is 5.82 Å². The van der Waals surface area contributed by atoms with E-state index < -0.39 is 0 Å². The van der Waals surface area contributed by atoms with E-state index in [-0.39, 0.29) is 0 Å². The monoisotopic (exact) mass is 249 g/mol. The second-order valence-corrected chi connectivity index (χ2v) is 5.04. The lowest BCUT2D eigenvalue weighted by molar-refractivity contribution is 0.593. The molecular weight excluding hydrogens is 222 g/mol. The molecule has 0 aliphatic rings. The van der Waals surface area contributed by atoms with Crippen molar-refractivity contribution in [1.29, 1.82) is 0 Å². The number of nitrogens with one attached hydrogen (secondary N) is 1. The second-order valence-electron chi connectivity index (χ2n) is 5.04. The lowest BCUT2D eigenvalue weighted by atomic mass is 10.1. The molecule has 1 aromatic rings. The Morgan fingerprint density at radius 3 is 2.67 bits per heavy atom. The zero-order chi connectivity index (χ0) is 13.2. The molecule has 1 unspecified atom stereocenters. The second kappa shape index (κ2) is 8.90. The van der Waals surface area contributed by atoms with E-state index in [0.717, 1.165) is 24.4 Å². The Morgan fingerprint density at radius 2 is 1.94 bits per heavy atom. The van der Waals surface area contributed by atoms with Gasteiger partial charge in [-0.2, -0.15) is 0 Å². The number of aromatic nitrogens is 2. The summed E-state index contributed by atoms with van der Waals surface area (Å²) in [4.78, 5) is 8.56. The van der Waals surface area contributed by atoms with Crippen LogP contribution in [0.25, 0.3) is 0 Å². The summed E-state index contributed by atoms with van der Waals surface area (Å²) < 4.78 is 0. The van der Waals surface area contributed by atoms with E-state index in [2.05, 4.69) is 42.1 Å². The average Bonchev–Trinajstić information content (AvgIpc) is 2.35. The molecular formula is C15H27N3. The van der Waals surface area contributed by atoms with Gasteiger partial charge in [0.2, 0.25) is 0 Å². The third kappa shape index (κ3) is 5.99. The Bertz CT molecular complexity index is 325. The van der Waals surface area contributed by atoms with E-state index in [0.29, 0.717) is 6.04 Å². The van der Waals surface area contributed by atoms with Gasteiger partial charge in [-0.25, -0.2) is 9.97 Å². The maximum Gasteiger partial charge on any atom is 0.129 e. The average molecular weight is 249 g/mol. The van der Waals surface area contributed by atoms with E-state index in [1.165, 1.54) is 32.1 Å². The fourth-order valence-electron chi connectivity index (χ4n) is 2.07. The van der Waals surface area contributed by atoms with Crippen LogP contribution in [-0.4, -0.2) is 16.0 Å². The molecule has 0 saturated heterocycles. The van der Waals surface area contributed by atoms with Crippen molar-refractivity contribution in [1.82, 2.24) is 9.97 Å². The number of hydrogen-bond acceptors (Lipinski definition) is 3. The molecule has 0 amide bonds. The van der Waals surface area contributed by atoms with Crippen LogP contribution < -0.4 is 5.32 Å². The summed E-state index contributed by atoms with van der Waals surface area (Å²) in [5.74, 6) is 0.969. The van der Waals surface area contributed by atoms with E-state index in [4.69, 9.17) is 0 Å². The molecule has 1 rings (SSSR count). The van der Waals surface area contributed by atoms with Crippen LogP contribution in [-0.2, 0) is 6.42 Å². The van der Waals surface area contributed by atoms with Gasteiger partial charge in [-0.15, -0.1) is 0 Å².